The van der Waals surface area contributed by atoms with Crippen LogP contribution in [0.5, 0.6) is 11.5 Å². The molecule has 1 saturated heterocycles. The Labute approximate surface area is 171 Å². The molecule has 0 N–H and O–H groups in total. The lowest BCUT2D eigenvalue weighted by Crippen LogP contribution is -2.49. The molecule has 2 aromatic rings. The summed E-state index contributed by atoms with van der Waals surface area (Å²) >= 11 is 0. The number of fused-ring (bicyclic) bond motifs is 1. The SMILES string of the molecule is Cc1cnc(C2CC2)n1CCC1CCN(C(=O)C2COc3ccccc3O2)CC1. The molecule has 1 aromatic carbocycles. The number of aromatic nitrogens is 2. The number of para-hydroxylation sites is 2. The number of benzene rings is 1. The Hall–Kier alpha value is -2.50. The second-order valence-corrected chi connectivity index (χ2v) is 8.61. The molecule has 29 heavy (non-hydrogen) atoms. The number of aryl methyl sites for hydroxylation is 1. The quantitative estimate of drug-likeness (QED) is 0.777. The van der Waals surface area contributed by atoms with Crippen molar-refractivity contribution in [3.63, 3.8) is 0 Å². The zero-order valence-corrected chi connectivity index (χ0v) is 17.0. The van der Waals surface area contributed by atoms with Gasteiger partial charge in [0.25, 0.3) is 5.91 Å². The van der Waals surface area contributed by atoms with E-state index in [-0.39, 0.29) is 5.91 Å². The molecule has 1 saturated carbocycles. The fraction of sp³-hybridized carbons (Fsp3) is 0.565. The van der Waals surface area contributed by atoms with Gasteiger partial charge in [0.05, 0.1) is 0 Å². The Balaban J connectivity index is 1.12. The summed E-state index contributed by atoms with van der Waals surface area (Å²) in [5, 5.41) is 0. The van der Waals surface area contributed by atoms with Crippen molar-refractivity contribution in [1.82, 2.24) is 14.5 Å². The van der Waals surface area contributed by atoms with Gasteiger partial charge in [-0.15, -0.1) is 0 Å². The van der Waals surface area contributed by atoms with E-state index in [4.69, 9.17) is 9.47 Å². The van der Waals surface area contributed by atoms with Crippen molar-refractivity contribution in [3.05, 3.63) is 42.0 Å². The summed E-state index contributed by atoms with van der Waals surface area (Å²) in [6.45, 7) is 5.11. The standard InChI is InChI=1S/C23H29N3O3/c1-16-14-24-22(18-6-7-18)26(16)13-10-17-8-11-25(12-9-17)23(27)21-15-28-19-4-2-3-5-20(19)29-21/h2-5,14,17-18,21H,6-13,15H2,1H3. The van der Waals surface area contributed by atoms with Gasteiger partial charge in [-0.25, -0.2) is 4.98 Å². The maximum absolute atomic E-state index is 12.9. The van der Waals surface area contributed by atoms with Gasteiger partial charge in [0.15, 0.2) is 11.5 Å². The van der Waals surface area contributed by atoms with Crippen molar-refractivity contribution in [2.24, 2.45) is 5.92 Å². The molecule has 1 unspecified atom stereocenters. The van der Waals surface area contributed by atoms with Crippen molar-refractivity contribution < 1.29 is 14.3 Å². The third-order valence-electron chi connectivity index (χ3n) is 6.50. The summed E-state index contributed by atoms with van der Waals surface area (Å²) in [7, 11) is 0. The second-order valence-electron chi connectivity index (χ2n) is 8.61. The molecule has 1 aromatic heterocycles. The maximum atomic E-state index is 12.9. The van der Waals surface area contributed by atoms with Crippen LogP contribution in [0.2, 0.25) is 0 Å². The molecule has 0 bridgehead atoms. The van der Waals surface area contributed by atoms with Crippen LogP contribution >= 0.6 is 0 Å². The third kappa shape index (κ3) is 3.85. The number of carbonyl (C=O) groups excluding carboxylic acids is 1. The van der Waals surface area contributed by atoms with E-state index in [1.807, 2.05) is 35.4 Å². The number of amides is 1. The number of imidazole rings is 1. The molecule has 3 heterocycles. The van der Waals surface area contributed by atoms with Gasteiger partial charge in [0.2, 0.25) is 6.10 Å². The zero-order valence-electron chi connectivity index (χ0n) is 17.0. The molecule has 0 radical (unpaired) electrons. The molecule has 1 atom stereocenters. The van der Waals surface area contributed by atoms with Crippen LogP contribution in [0.1, 0.15) is 49.5 Å². The van der Waals surface area contributed by atoms with Crippen molar-refractivity contribution in [2.75, 3.05) is 19.7 Å². The zero-order chi connectivity index (χ0) is 19.8. The summed E-state index contributed by atoms with van der Waals surface area (Å²) in [5.41, 5.74) is 1.27. The summed E-state index contributed by atoms with van der Waals surface area (Å²) in [5.74, 6) is 4.07. The van der Waals surface area contributed by atoms with Gasteiger partial charge in [-0.2, -0.15) is 0 Å². The molecular weight excluding hydrogens is 366 g/mol. The van der Waals surface area contributed by atoms with Crippen LogP contribution < -0.4 is 9.47 Å². The third-order valence-corrected chi connectivity index (χ3v) is 6.50. The lowest BCUT2D eigenvalue weighted by Gasteiger charge is -2.35. The Bertz CT molecular complexity index is 881. The minimum atomic E-state index is -0.531. The van der Waals surface area contributed by atoms with Crippen molar-refractivity contribution in [2.45, 2.75) is 57.6 Å². The van der Waals surface area contributed by atoms with E-state index < -0.39 is 6.10 Å². The fourth-order valence-corrected chi connectivity index (χ4v) is 4.54. The van der Waals surface area contributed by atoms with Gasteiger partial charge in [0, 0.05) is 37.4 Å². The van der Waals surface area contributed by atoms with E-state index >= 15 is 0 Å². The van der Waals surface area contributed by atoms with E-state index in [1.54, 1.807) is 0 Å². The summed E-state index contributed by atoms with van der Waals surface area (Å²) < 4.78 is 14.0. The van der Waals surface area contributed by atoms with Gasteiger partial charge < -0.3 is 18.9 Å². The molecule has 3 aliphatic rings. The van der Waals surface area contributed by atoms with E-state index in [0.717, 1.165) is 44.6 Å². The highest BCUT2D eigenvalue weighted by molar-refractivity contribution is 5.82. The molecule has 0 spiro atoms. The Morgan fingerprint density at radius 2 is 1.90 bits per heavy atom. The molecule has 6 heteroatoms. The normalized spacial score (nSPS) is 22.0. The topological polar surface area (TPSA) is 56.6 Å². The molecule has 2 fully saturated rings. The average molecular weight is 396 g/mol. The highest BCUT2D eigenvalue weighted by Gasteiger charge is 2.33. The van der Waals surface area contributed by atoms with Crippen LogP contribution in [-0.2, 0) is 11.3 Å². The van der Waals surface area contributed by atoms with Crippen LogP contribution in [0.3, 0.4) is 0 Å². The van der Waals surface area contributed by atoms with Gasteiger partial charge in [-0.1, -0.05) is 12.1 Å². The highest BCUT2D eigenvalue weighted by atomic mass is 16.6. The number of hydrogen-bond acceptors (Lipinski definition) is 4. The van der Waals surface area contributed by atoms with Gasteiger partial charge in [0.1, 0.15) is 12.4 Å². The molecule has 2 aliphatic heterocycles. The monoisotopic (exact) mass is 395 g/mol. The number of hydrogen-bond donors (Lipinski definition) is 0. The number of carbonyl (C=O) groups is 1. The molecule has 1 amide bonds. The first-order valence-electron chi connectivity index (χ1n) is 10.9. The van der Waals surface area contributed by atoms with Gasteiger partial charge in [-0.3, -0.25) is 4.79 Å². The largest absolute Gasteiger partial charge is 0.485 e. The number of rotatable bonds is 5. The van der Waals surface area contributed by atoms with Crippen molar-refractivity contribution >= 4 is 5.91 Å². The lowest BCUT2D eigenvalue weighted by molar-refractivity contribution is -0.142. The fourth-order valence-electron chi connectivity index (χ4n) is 4.54. The average Bonchev–Trinajstić information content (AvgIpc) is 3.54. The first-order valence-corrected chi connectivity index (χ1v) is 10.9. The Morgan fingerprint density at radius 1 is 1.14 bits per heavy atom. The molecular formula is C23H29N3O3. The molecule has 5 rings (SSSR count). The van der Waals surface area contributed by atoms with E-state index in [9.17, 15) is 4.79 Å². The van der Waals surface area contributed by atoms with Crippen molar-refractivity contribution in [3.8, 4) is 11.5 Å². The van der Waals surface area contributed by atoms with Gasteiger partial charge in [-0.05, 0) is 57.1 Å². The first kappa shape index (κ1) is 18.5. The van der Waals surface area contributed by atoms with Crippen LogP contribution in [-0.4, -0.2) is 46.2 Å². The highest BCUT2D eigenvalue weighted by Crippen LogP contribution is 2.39. The maximum Gasteiger partial charge on any atom is 0.267 e. The molecule has 6 nitrogen and oxygen atoms in total. The molecule has 1 aliphatic carbocycles. The Kier molecular flexibility index (Phi) is 4.94. The summed E-state index contributed by atoms with van der Waals surface area (Å²) in [6.07, 6.45) is 7.33. The van der Waals surface area contributed by atoms with Crippen LogP contribution in [0.4, 0.5) is 0 Å². The van der Waals surface area contributed by atoms with E-state index in [2.05, 4.69) is 16.5 Å². The summed E-state index contributed by atoms with van der Waals surface area (Å²) in [4.78, 5) is 19.5. The predicted molar refractivity (Wildman–Crippen MR) is 109 cm³/mol. The second kappa shape index (κ2) is 7.73. The van der Waals surface area contributed by atoms with Crippen LogP contribution in [0.15, 0.2) is 30.5 Å². The lowest BCUT2D eigenvalue weighted by atomic mass is 9.93. The van der Waals surface area contributed by atoms with Crippen molar-refractivity contribution in [1.29, 1.82) is 0 Å². The van der Waals surface area contributed by atoms with E-state index in [0.29, 0.717) is 24.2 Å². The summed E-state index contributed by atoms with van der Waals surface area (Å²) in [6, 6.07) is 7.54. The minimum absolute atomic E-state index is 0.0550. The van der Waals surface area contributed by atoms with E-state index in [1.165, 1.54) is 24.4 Å². The number of nitrogens with zero attached hydrogens (tertiary/aromatic N) is 3. The van der Waals surface area contributed by atoms with Crippen LogP contribution in [0, 0.1) is 12.8 Å². The first-order chi connectivity index (χ1) is 14.2. The number of likely N-dealkylation sites (tertiary alicyclic amines) is 1. The smallest absolute Gasteiger partial charge is 0.267 e. The van der Waals surface area contributed by atoms with Gasteiger partial charge >= 0.3 is 0 Å². The molecule has 154 valence electrons. The Morgan fingerprint density at radius 3 is 2.66 bits per heavy atom. The minimum Gasteiger partial charge on any atom is -0.485 e. The number of ether oxygens (including phenoxy) is 2. The van der Waals surface area contributed by atoms with Crippen LogP contribution in [0.25, 0.3) is 0 Å². The predicted octanol–water partition coefficient (Wildman–Crippen LogP) is 3.54. The number of piperidine rings is 1.